The summed E-state index contributed by atoms with van der Waals surface area (Å²) in [6.07, 6.45) is 2.24. The van der Waals surface area contributed by atoms with Crippen molar-refractivity contribution in [3.8, 4) is 5.75 Å². The van der Waals surface area contributed by atoms with Gasteiger partial charge in [-0.15, -0.1) is 11.3 Å². The molecule has 1 aromatic heterocycles. The minimum absolute atomic E-state index is 0.239. The minimum atomic E-state index is 0.239. The molecule has 4 nitrogen and oxygen atoms in total. The highest BCUT2D eigenvalue weighted by Gasteiger charge is 2.11. The number of hydrogen-bond acceptors (Lipinski definition) is 4. The van der Waals surface area contributed by atoms with Crippen molar-refractivity contribution in [1.29, 1.82) is 0 Å². The lowest BCUT2D eigenvalue weighted by molar-refractivity contribution is 0.190. The van der Waals surface area contributed by atoms with Crippen molar-refractivity contribution in [3.05, 3.63) is 46.2 Å². The maximum atomic E-state index is 6.19. The predicted octanol–water partition coefficient (Wildman–Crippen LogP) is 4.85. The Morgan fingerprint density at radius 3 is 2.60 bits per heavy atom. The van der Waals surface area contributed by atoms with E-state index in [9.17, 15) is 0 Å². The SMILES string of the molecule is CCC(CC)Oc1ccc(N=C(N)c2cccs2)cc1CNC(C)C. The third-order valence-corrected chi connectivity index (χ3v) is 4.86. The molecule has 0 aliphatic carbocycles. The molecule has 2 aromatic rings. The molecular formula is C20H29N3OS. The van der Waals surface area contributed by atoms with Gasteiger partial charge in [0, 0.05) is 18.2 Å². The number of aliphatic imine (C=N–C) groups is 1. The Kier molecular flexibility index (Phi) is 7.47. The van der Waals surface area contributed by atoms with Gasteiger partial charge in [0.1, 0.15) is 11.6 Å². The molecule has 0 amide bonds. The van der Waals surface area contributed by atoms with Gasteiger partial charge < -0.3 is 15.8 Å². The lowest BCUT2D eigenvalue weighted by Gasteiger charge is -2.19. The Morgan fingerprint density at radius 2 is 2.00 bits per heavy atom. The number of hydrogen-bond donors (Lipinski definition) is 2. The summed E-state index contributed by atoms with van der Waals surface area (Å²) in [5.41, 5.74) is 8.08. The van der Waals surface area contributed by atoms with Gasteiger partial charge in [-0.3, -0.25) is 0 Å². The largest absolute Gasteiger partial charge is 0.490 e. The second kappa shape index (κ2) is 9.59. The first-order valence-corrected chi connectivity index (χ1v) is 9.82. The van der Waals surface area contributed by atoms with E-state index >= 15 is 0 Å². The lowest BCUT2D eigenvalue weighted by Crippen LogP contribution is -2.23. The van der Waals surface area contributed by atoms with E-state index in [0.29, 0.717) is 11.9 Å². The van der Waals surface area contributed by atoms with Crippen molar-refractivity contribution in [2.75, 3.05) is 0 Å². The monoisotopic (exact) mass is 359 g/mol. The summed E-state index contributed by atoms with van der Waals surface area (Å²) in [6, 6.07) is 10.4. The summed E-state index contributed by atoms with van der Waals surface area (Å²) < 4.78 is 6.19. The molecule has 0 atom stereocenters. The average Bonchev–Trinajstić information content (AvgIpc) is 3.13. The highest BCUT2D eigenvalue weighted by Crippen LogP contribution is 2.27. The van der Waals surface area contributed by atoms with E-state index in [-0.39, 0.29) is 6.10 Å². The van der Waals surface area contributed by atoms with Crippen molar-refractivity contribution in [2.45, 2.75) is 59.2 Å². The van der Waals surface area contributed by atoms with Crippen LogP contribution in [0.25, 0.3) is 0 Å². The van der Waals surface area contributed by atoms with Crippen LogP contribution in [0.4, 0.5) is 5.69 Å². The third kappa shape index (κ3) is 5.87. The fourth-order valence-corrected chi connectivity index (χ4v) is 3.08. The van der Waals surface area contributed by atoms with Crippen molar-refractivity contribution >= 4 is 22.9 Å². The zero-order chi connectivity index (χ0) is 18.2. The van der Waals surface area contributed by atoms with Crippen molar-refractivity contribution < 1.29 is 4.74 Å². The van der Waals surface area contributed by atoms with Crippen LogP contribution in [-0.2, 0) is 6.54 Å². The summed E-state index contributed by atoms with van der Waals surface area (Å²) in [6.45, 7) is 9.33. The number of amidine groups is 1. The molecule has 0 bridgehead atoms. The van der Waals surface area contributed by atoms with Crippen LogP contribution in [0.15, 0.2) is 40.7 Å². The van der Waals surface area contributed by atoms with E-state index in [2.05, 4.69) is 44.1 Å². The number of nitrogens with zero attached hydrogens (tertiary/aromatic N) is 1. The number of benzene rings is 1. The molecule has 0 aliphatic heterocycles. The highest BCUT2D eigenvalue weighted by atomic mass is 32.1. The Balaban J connectivity index is 2.27. The number of nitrogens with one attached hydrogen (secondary N) is 1. The van der Waals surface area contributed by atoms with Crippen LogP contribution in [-0.4, -0.2) is 18.0 Å². The van der Waals surface area contributed by atoms with Crippen LogP contribution < -0.4 is 15.8 Å². The number of thiophene rings is 1. The Bertz CT molecular complexity index is 676. The highest BCUT2D eigenvalue weighted by molar-refractivity contribution is 7.12. The van der Waals surface area contributed by atoms with Gasteiger partial charge in [0.15, 0.2) is 0 Å². The second-order valence-corrected chi connectivity index (χ2v) is 7.31. The van der Waals surface area contributed by atoms with E-state index in [1.807, 2.05) is 29.6 Å². The van der Waals surface area contributed by atoms with Gasteiger partial charge >= 0.3 is 0 Å². The van der Waals surface area contributed by atoms with Crippen LogP contribution in [0.3, 0.4) is 0 Å². The summed E-state index contributed by atoms with van der Waals surface area (Å²) in [5, 5.41) is 5.46. The van der Waals surface area contributed by atoms with Crippen molar-refractivity contribution in [3.63, 3.8) is 0 Å². The molecule has 0 aliphatic rings. The van der Waals surface area contributed by atoms with Gasteiger partial charge in [-0.2, -0.15) is 0 Å². The Morgan fingerprint density at radius 1 is 1.24 bits per heavy atom. The first-order chi connectivity index (χ1) is 12.0. The van der Waals surface area contributed by atoms with Crippen molar-refractivity contribution in [2.24, 2.45) is 10.7 Å². The summed E-state index contributed by atoms with van der Waals surface area (Å²) >= 11 is 1.59. The molecule has 0 saturated carbocycles. The van der Waals surface area contributed by atoms with E-state index in [1.165, 1.54) is 0 Å². The Hall–Kier alpha value is -1.85. The third-order valence-electron chi connectivity index (χ3n) is 3.97. The molecule has 5 heteroatoms. The minimum Gasteiger partial charge on any atom is -0.490 e. The number of rotatable bonds is 9. The molecule has 25 heavy (non-hydrogen) atoms. The van der Waals surface area contributed by atoms with Gasteiger partial charge in [-0.25, -0.2) is 4.99 Å². The standard InChI is InChI=1S/C20H29N3OS/c1-5-17(6-2)24-18-10-9-16(12-15(18)13-22-14(3)4)23-20(21)19-8-7-11-25-19/h7-12,14,17,22H,5-6,13H2,1-4H3,(H2,21,23). The van der Waals surface area contributed by atoms with E-state index in [0.717, 1.165) is 41.3 Å². The van der Waals surface area contributed by atoms with Gasteiger partial charge in [0.05, 0.1) is 16.7 Å². The maximum absolute atomic E-state index is 6.19. The topological polar surface area (TPSA) is 59.6 Å². The molecule has 0 radical (unpaired) electrons. The zero-order valence-electron chi connectivity index (χ0n) is 15.6. The van der Waals surface area contributed by atoms with E-state index < -0.39 is 0 Å². The molecular weight excluding hydrogens is 330 g/mol. The van der Waals surface area contributed by atoms with Crippen LogP contribution in [0.5, 0.6) is 5.75 Å². The van der Waals surface area contributed by atoms with Gasteiger partial charge in [0.25, 0.3) is 0 Å². The zero-order valence-corrected chi connectivity index (χ0v) is 16.4. The van der Waals surface area contributed by atoms with Crippen molar-refractivity contribution in [1.82, 2.24) is 5.32 Å². The maximum Gasteiger partial charge on any atom is 0.141 e. The lowest BCUT2D eigenvalue weighted by atomic mass is 10.1. The molecule has 3 N–H and O–H groups in total. The van der Waals surface area contributed by atoms with Crippen LogP contribution in [0, 0.1) is 0 Å². The first-order valence-electron chi connectivity index (χ1n) is 8.94. The molecule has 1 aromatic carbocycles. The average molecular weight is 360 g/mol. The molecule has 0 unspecified atom stereocenters. The second-order valence-electron chi connectivity index (χ2n) is 6.36. The number of nitrogens with two attached hydrogens (primary N) is 1. The van der Waals surface area contributed by atoms with Gasteiger partial charge in [-0.1, -0.05) is 33.8 Å². The molecule has 0 fully saturated rings. The quantitative estimate of drug-likeness (QED) is 0.497. The fraction of sp³-hybridized carbons (Fsp3) is 0.450. The van der Waals surface area contributed by atoms with Gasteiger partial charge in [0.2, 0.25) is 0 Å². The van der Waals surface area contributed by atoms with Crippen LogP contribution >= 0.6 is 11.3 Å². The molecule has 1 heterocycles. The predicted molar refractivity (Wildman–Crippen MR) is 108 cm³/mol. The van der Waals surface area contributed by atoms with E-state index in [1.54, 1.807) is 11.3 Å². The summed E-state index contributed by atoms with van der Waals surface area (Å²) in [7, 11) is 0. The molecule has 0 spiro atoms. The van der Waals surface area contributed by atoms with Gasteiger partial charge in [-0.05, 0) is 42.5 Å². The normalized spacial score (nSPS) is 12.2. The Labute approximate surface area is 155 Å². The van der Waals surface area contributed by atoms with E-state index in [4.69, 9.17) is 10.5 Å². The number of ether oxygens (including phenoxy) is 1. The van der Waals surface area contributed by atoms with Crippen LogP contribution in [0.2, 0.25) is 0 Å². The molecule has 0 saturated heterocycles. The molecule has 2 rings (SSSR count). The van der Waals surface area contributed by atoms with Crippen LogP contribution in [0.1, 0.15) is 51.0 Å². The summed E-state index contributed by atoms with van der Waals surface area (Å²) in [5.74, 6) is 1.47. The first kappa shape index (κ1) is 19.5. The fourth-order valence-electron chi connectivity index (χ4n) is 2.46. The smallest absolute Gasteiger partial charge is 0.141 e. The molecule has 136 valence electrons. The summed E-state index contributed by atoms with van der Waals surface area (Å²) in [4.78, 5) is 5.56.